The van der Waals surface area contributed by atoms with Gasteiger partial charge in [0.05, 0.1) is 5.69 Å². The van der Waals surface area contributed by atoms with Crippen LogP contribution >= 0.6 is 12.4 Å². The molecule has 0 saturated heterocycles. The number of hydrogen-bond acceptors (Lipinski definition) is 3. The average molecular weight is 292 g/mol. The van der Waals surface area contributed by atoms with E-state index in [2.05, 4.69) is 0 Å². The molecule has 106 valence electrons. The summed E-state index contributed by atoms with van der Waals surface area (Å²) in [4.78, 5) is 12.3. The summed E-state index contributed by atoms with van der Waals surface area (Å²) in [5, 5.41) is 3.36. The van der Waals surface area contributed by atoms with E-state index in [9.17, 15) is 4.79 Å². The maximum Gasteiger partial charge on any atom is 0.272 e. The monoisotopic (exact) mass is 291 g/mol. The van der Waals surface area contributed by atoms with Gasteiger partial charge in [-0.15, -0.1) is 12.4 Å². The second-order valence-corrected chi connectivity index (χ2v) is 4.31. The van der Waals surface area contributed by atoms with E-state index < -0.39 is 0 Å². The maximum absolute atomic E-state index is 12.3. The molecule has 20 heavy (non-hydrogen) atoms. The van der Waals surface area contributed by atoms with E-state index in [0.29, 0.717) is 11.3 Å². The lowest BCUT2D eigenvalue weighted by Gasteiger charge is -2.30. The number of nitrogen functional groups attached to an aromatic ring is 1. The van der Waals surface area contributed by atoms with Crippen LogP contribution in [0.25, 0.3) is 0 Å². The smallest absolute Gasteiger partial charge is 0.272 e. The molecule has 0 unspecified atom stereocenters. The first-order valence-corrected chi connectivity index (χ1v) is 6.02. The molecule has 2 aromatic carbocycles. The topological polar surface area (TPSA) is 49.6 Å². The van der Waals surface area contributed by atoms with Gasteiger partial charge in [-0.3, -0.25) is 14.8 Å². The molecule has 0 atom stereocenters. The summed E-state index contributed by atoms with van der Waals surface area (Å²) >= 11 is 0. The molecule has 0 aliphatic heterocycles. The fourth-order valence-corrected chi connectivity index (χ4v) is 1.77. The van der Waals surface area contributed by atoms with Gasteiger partial charge in [-0.1, -0.05) is 18.2 Å². The highest BCUT2D eigenvalue weighted by atomic mass is 35.5. The van der Waals surface area contributed by atoms with E-state index in [0.717, 1.165) is 5.69 Å². The molecule has 4 nitrogen and oxygen atoms in total. The molecule has 0 radical (unpaired) electrons. The fraction of sp³-hybridized carbons (Fsp3) is 0.133. The van der Waals surface area contributed by atoms with Crippen molar-refractivity contribution in [2.45, 2.75) is 0 Å². The van der Waals surface area contributed by atoms with Crippen LogP contribution in [0.5, 0.6) is 0 Å². The number of anilines is 2. The standard InChI is InChI=1S/C15H17N3O.ClH/c1-17(14-10-8-13(16)9-11-14)18(2)15(19)12-6-4-3-5-7-12;/h3-11H,16H2,1-2H3;1H. The van der Waals surface area contributed by atoms with Gasteiger partial charge in [-0.05, 0) is 36.4 Å². The Bertz CT molecular complexity index is 557. The van der Waals surface area contributed by atoms with Gasteiger partial charge >= 0.3 is 0 Å². The lowest BCUT2D eigenvalue weighted by atomic mass is 10.2. The number of nitrogens with two attached hydrogens (primary N) is 1. The summed E-state index contributed by atoms with van der Waals surface area (Å²) in [7, 11) is 3.58. The highest BCUT2D eigenvalue weighted by Crippen LogP contribution is 2.17. The van der Waals surface area contributed by atoms with Crippen LogP contribution in [0, 0.1) is 0 Å². The molecule has 2 rings (SSSR count). The normalized spacial score (nSPS) is 9.50. The summed E-state index contributed by atoms with van der Waals surface area (Å²) in [6.45, 7) is 0. The van der Waals surface area contributed by atoms with Gasteiger partial charge in [0.1, 0.15) is 0 Å². The average Bonchev–Trinajstić information content (AvgIpc) is 2.46. The summed E-state index contributed by atoms with van der Waals surface area (Å²) in [6, 6.07) is 16.6. The molecule has 0 spiro atoms. The number of hydrogen-bond donors (Lipinski definition) is 1. The Hall–Kier alpha value is -2.20. The second-order valence-electron chi connectivity index (χ2n) is 4.31. The number of nitrogens with zero attached hydrogens (tertiary/aromatic N) is 2. The Morgan fingerprint density at radius 2 is 1.50 bits per heavy atom. The number of carbonyl (C=O) groups excluding carboxylic acids is 1. The number of benzene rings is 2. The molecule has 2 N–H and O–H groups in total. The van der Waals surface area contributed by atoms with Crippen molar-refractivity contribution >= 4 is 29.7 Å². The Balaban J connectivity index is 0.00000200. The van der Waals surface area contributed by atoms with Gasteiger partial charge in [0.2, 0.25) is 0 Å². The van der Waals surface area contributed by atoms with E-state index in [1.807, 2.05) is 49.5 Å². The molecule has 0 saturated carbocycles. The van der Waals surface area contributed by atoms with E-state index in [-0.39, 0.29) is 18.3 Å². The summed E-state index contributed by atoms with van der Waals surface area (Å²) in [6.07, 6.45) is 0. The second kappa shape index (κ2) is 6.82. The van der Waals surface area contributed by atoms with Gasteiger partial charge in [0.15, 0.2) is 0 Å². The first-order chi connectivity index (χ1) is 9.09. The number of rotatable bonds is 3. The van der Waals surface area contributed by atoms with Crippen LogP contribution in [0.2, 0.25) is 0 Å². The lowest BCUT2D eigenvalue weighted by Crippen LogP contribution is -2.41. The van der Waals surface area contributed by atoms with Crippen LogP contribution in [0.1, 0.15) is 10.4 Å². The highest BCUT2D eigenvalue weighted by Gasteiger charge is 2.15. The van der Waals surface area contributed by atoms with Gasteiger partial charge in [-0.2, -0.15) is 0 Å². The zero-order valence-corrected chi connectivity index (χ0v) is 12.3. The number of halogens is 1. The van der Waals surface area contributed by atoms with Crippen LogP contribution in [0.15, 0.2) is 54.6 Å². The van der Waals surface area contributed by atoms with Crippen LogP contribution < -0.4 is 10.7 Å². The molecule has 5 heteroatoms. The van der Waals surface area contributed by atoms with Gasteiger partial charge in [-0.25, -0.2) is 0 Å². The van der Waals surface area contributed by atoms with Crippen molar-refractivity contribution < 1.29 is 4.79 Å². The van der Waals surface area contributed by atoms with Crippen LogP contribution in [-0.2, 0) is 0 Å². The molecule has 0 aliphatic rings. The third-order valence-electron chi connectivity index (χ3n) is 3.03. The fourth-order valence-electron chi connectivity index (χ4n) is 1.77. The number of carbonyl (C=O) groups is 1. The van der Waals surface area contributed by atoms with Crippen molar-refractivity contribution in [1.29, 1.82) is 0 Å². The summed E-state index contributed by atoms with van der Waals surface area (Å²) in [5.41, 5.74) is 7.92. The molecule has 2 aromatic rings. The van der Waals surface area contributed by atoms with Crippen molar-refractivity contribution in [3.63, 3.8) is 0 Å². The van der Waals surface area contributed by atoms with Crippen LogP contribution in [0.4, 0.5) is 11.4 Å². The SMILES string of the molecule is CN(C(=O)c1ccccc1)N(C)c1ccc(N)cc1.Cl. The van der Waals surface area contributed by atoms with E-state index >= 15 is 0 Å². The third kappa shape index (κ3) is 3.42. The molecule has 1 amide bonds. The Labute approximate surface area is 125 Å². The minimum atomic E-state index is -0.0556. The molecule has 0 heterocycles. The molecule has 0 fully saturated rings. The molecular weight excluding hydrogens is 274 g/mol. The quantitative estimate of drug-likeness (QED) is 0.699. The third-order valence-corrected chi connectivity index (χ3v) is 3.03. The molecular formula is C15H18ClN3O. The predicted octanol–water partition coefficient (Wildman–Crippen LogP) is 2.81. The summed E-state index contributed by atoms with van der Waals surface area (Å²) in [5.74, 6) is -0.0556. The number of amides is 1. The van der Waals surface area contributed by atoms with Crippen molar-refractivity contribution in [1.82, 2.24) is 5.01 Å². The maximum atomic E-state index is 12.3. The first kappa shape index (κ1) is 15.9. The lowest BCUT2D eigenvalue weighted by molar-refractivity contribution is 0.0787. The largest absolute Gasteiger partial charge is 0.399 e. The van der Waals surface area contributed by atoms with Crippen molar-refractivity contribution in [3.05, 3.63) is 60.2 Å². The Kier molecular flexibility index (Phi) is 5.41. The first-order valence-electron chi connectivity index (χ1n) is 6.02. The minimum Gasteiger partial charge on any atom is -0.399 e. The molecule has 0 aromatic heterocycles. The highest BCUT2D eigenvalue weighted by molar-refractivity contribution is 5.94. The van der Waals surface area contributed by atoms with Crippen molar-refractivity contribution in [2.24, 2.45) is 0 Å². The van der Waals surface area contributed by atoms with E-state index in [1.165, 1.54) is 0 Å². The number of hydrazine groups is 1. The molecule has 0 aliphatic carbocycles. The molecule has 0 bridgehead atoms. The minimum absolute atomic E-state index is 0. The zero-order chi connectivity index (χ0) is 13.8. The van der Waals surface area contributed by atoms with Gasteiger partial charge in [0, 0.05) is 25.3 Å². The Morgan fingerprint density at radius 3 is 2.05 bits per heavy atom. The van der Waals surface area contributed by atoms with Crippen molar-refractivity contribution in [2.75, 3.05) is 24.8 Å². The van der Waals surface area contributed by atoms with Crippen molar-refractivity contribution in [3.8, 4) is 0 Å². The predicted molar refractivity (Wildman–Crippen MR) is 85.0 cm³/mol. The van der Waals surface area contributed by atoms with Gasteiger partial charge < -0.3 is 5.73 Å². The Morgan fingerprint density at radius 1 is 0.950 bits per heavy atom. The van der Waals surface area contributed by atoms with Crippen LogP contribution in [0.3, 0.4) is 0 Å². The van der Waals surface area contributed by atoms with E-state index in [4.69, 9.17) is 5.73 Å². The van der Waals surface area contributed by atoms with E-state index in [1.54, 1.807) is 29.2 Å². The zero-order valence-electron chi connectivity index (χ0n) is 11.5. The van der Waals surface area contributed by atoms with Crippen LogP contribution in [-0.4, -0.2) is 25.0 Å². The summed E-state index contributed by atoms with van der Waals surface area (Å²) < 4.78 is 0. The van der Waals surface area contributed by atoms with Gasteiger partial charge in [0.25, 0.3) is 5.91 Å².